The zero-order valence-electron chi connectivity index (χ0n) is 15.1. The molecule has 0 saturated heterocycles. The van der Waals surface area contributed by atoms with Gasteiger partial charge in [-0.05, 0) is 13.8 Å². The van der Waals surface area contributed by atoms with Gasteiger partial charge in [-0.3, -0.25) is 6.08 Å². The van der Waals surface area contributed by atoms with Crippen LogP contribution in [0.2, 0.25) is 0 Å². The van der Waals surface area contributed by atoms with Gasteiger partial charge in [0.15, 0.2) is 0 Å². The maximum absolute atomic E-state index is 3.50. The van der Waals surface area contributed by atoms with Crippen LogP contribution in [0.15, 0.2) is 42.5 Å². The van der Waals surface area contributed by atoms with E-state index in [1.807, 2.05) is 50.3 Å². The van der Waals surface area contributed by atoms with Gasteiger partial charge in [-0.1, -0.05) is 24.3 Å². The standard InChI is InChI=1S/C6H10.C5H5.3C2H6N.Ti/c1-3-5-6-4-2;1-2-4-5-3-1;3*1-3-2;/h3-6H,1-2H3;1-3H,4H2;3*1-2H3;/q;4*-1;+4. The van der Waals surface area contributed by atoms with Gasteiger partial charge in [-0.2, -0.15) is 48.4 Å². The van der Waals surface area contributed by atoms with E-state index >= 15 is 0 Å². The molecule has 0 spiro atoms. The molecular formula is C17H33N3Ti. The number of allylic oxidation sites excluding steroid dienone is 8. The molecule has 0 fully saturated rings. The predicted octanol–water partition coefficient (Wildman–Crippen LogP) is 5.30. The molecule has 0 unspecified atom stereocenters. The Hall–Kier alpha value is -0.446. The van der Waals surface area contributed by atoms with Crippen molar-refractivity contribution >= 4 is 0 Å². The van der Waals surface area contributed by atoms with E-state index in [1.54, 1.807) is 42.3 Å². The number of nitrogens with zero attached hydrogens (tertiary/aromatic N) is 3. The second-order valence-corrected chi connectivity index (χ2v) is 3.40. The Morgan fingerprint density at radius 3 is 1.24 bits per heavy atom. The van der Waals surface area contributed by atoms with E-state index in [2.05, 4.69) is 28.1 Å². The van der Waals surface area contributed by atoms with Crippen LogP contribution in [0.5, 0.6) is 0 Å². The fourth-order valence-electron chi connectivity index (χ4n) is 0.562. The van der Waals surface area contributed by atoms with Crippen LogP contribution in [0.25, 0.3) is 16.0 Å². The number of rotatable bonds is 1. The SMILES string of the molecule is CC=CC=CC.C[N-]C.C[N-]C.C[N-]C.[C-]1=CC=CC1.[Ti+4]. The first-order chi connectivity index (χ1) is 9.66. The van der Waals surface area contributed by atoms with Crippen molar-refractivity contribution in [3.8, 4) is 0 Å². The minimum atomic E-state index is 0. The van der Waals surface area contributed by atoms with Gasteiger partial charge in [0, 0.05) is 0 Å². The summed E-state index contributed by atoms with van der Waals surface area (Å²) >= 11 is 0. The second kappa shape index (κ2) is 50.4. The van der Waals surface area contributed by atoms with E-state index < -0.39 is 0 Å². The summed E-state index contributed by atoms with van der Waals surface area (Å²) in [6.07, 6.45) is 18.0. The van der Waals surface area contributed by atoms with Crippen LogP contribution in [-0.4, -0.2) is 42.3 Å². The van der Waals surface area contributed by atoms with Gasteiger partial charge in [0.05, 0.1) is 0 Å². The van der Waals surface area contributed by atoms with E-state index in [0.717, 1.165) is 6.42 Å². The van der Waals surface area contributed by atoms with Gasteiger partial charge in [0.25, 0.3) is 0 Å². The minimum Gasteiger partial charge on any atom is -0.668 e. The molecule has 1 rings (SSSR count). The third-order valence-electron chi connectivity index (χ3n) is 1.08. The Balaban J connectivity index is -0.0000000522. The van der Waals surface area contributed by atoms with Crippen molar-refractivity contribution in [3.63, 3.8) is 0 Å². The molecule has 1 aliphatic rings. The fraction of sp³-hybridized carbons (Fsp3) is 0.529. The van der Waals surface area contributed by atoms with Crippen LogP contribution in [-0.2, 0) is 21.7 Å². The van der Waals surface area contributed by atoms with Crippen molar-refractivity contribution in [1.82, 2.24) is 0 Å². The first-order valence-corrected chi connectivity index (χ1v) is 6.56. The molecule has 0 N–H and O–H groups in total. The summed E-state index contributed by atoms with van der Waals surface area (Å²) in [5.74, 6) is 0. The van der Waals surface area contributed by atoms with Crippen molar-refractivity contribution < 1.29 is 21.7 Å². The van der Waals surface area contributed by atoms with Crippen molar-refractivity contribution in [2.24, 2.45) is 0 Å². The molecule has 21 heavy (non-hydrogen) atoms. The summed E-state index contributed by atoms with van der Waals surface area (Å²) in [6.45, 7) is 4.00. The first-order valence-electron chi connectivity index (χ1n) is 6.56. The van der Waals surface area contributed by atoms with Gasteiger partial charge in [-0.15, -0.1) is 6.42 Å². The van der Waals surface area contributed by atoms with E-state index in [4.69, 9.17) is 0 Å². The van der Waals surface area contributed by atoms with Gasteiger partial charge in [0.2, 0.25) is 0 Å². The van der Waals surface area contributed by atoms with Crippen LogP contribution in [0.1, 0.15) is 20.3 Å². The Labute approximate surface area is 148 Å². The summed E-state index contributed by atoms with van der Waals surface area (Å²) in [6, 6.07) is 0. The molecule has 3 nitrogen and oxygen atoms in total. The molecule has 0 amide bonds. The maximum atomic E-state index is 3.50. The topological polar surface area (TPSA) is 42.3 Å². The van der Waals surface area contributed by atoms with Crippen molar-refractivity contribution in [2.75, 3.05) is 42.3 Å². The maximum Gasteiger partial charge on any atom is 4.00 e. The third-order valence-corrected chi connectivity index (χ3v) is 1.08. The van der Waals surface area contributed by atoms with E-state index in [0.29, 0.717) is 0 Å². The van der Waals surface area contributed by atoms with E-state index in [-0.39, 0.29) is 21.7 Å². The Morgan fingerprint density at radius 1 is 0.810 bits per heavy atom. The van der Waals surface area contributed by atoms with Crippen LogP contribution >= 0.6 is 0 Å². The molecule has 0 bridgehead atoms. The van der Waals surface area contributed by atoms with Crippen molar-refractivity contribution in [3.05, 3.63) is 64.6 Å². The molecule has 0 saturated carbocycles. The minimum absolute atomic E-state index is 0. The predicted molar refractivity (Wildman–Crippen MR) is 96.8 cm³/mol. The molecule has 0 aromatic carbocycles. The molecule has 0 atom stereocenters. The molecule has 0 heterocycles. The molecule has 120 valence electrons. The largest absolute Gasteiger partial charge is 4.00 e. The van der Waals surface area contributed by atoms with Crippen molar-refractivity contribution in [2.45, 2.75) is 20.3 Å². The quantitative estimate of drug-likeness (QED) is 0.356. The average molecular weight is 327 g/mol. The number of hydrogen-bond acceptors (Lipinski definition) is 0. The normalized spacial score (nSPS) is 10.1. The van der Waals surface area contributed by atoms with Gasteiger partial charge < -0.3 is 16.0 Å². The second-order valence-electron chi connectivity index (χ2n) is 3.40. The molecule has 0 aromatic heterocycles. The van der Waals surface area contributed by atoms with E-state index in [1.165, 1.54) is 0 Å². The summed E-state index contributed by atoms with van der Waals surface area (Å²) < 4.78 is 0. The molecule has 0 aliphatic heterocycles. The molecule has 0 radical (unpaired) electrons. The van der Waals surface area contributed by atoms with Gasteiger partial charge in [0.1, 0.15) is 0 Å². The molecule has 1 aliphatic carbocycles. The summed E-state index contributed by atoms with van der Waals surface area (Å²) in [5.41, 5.74) is 0. The number of hydrogen-bond donors (Lipinski definition) is 0. The monoisotopic (exact) mass is 327 g/mol. The molecule has 4 heteroatoms. The van der Waals surface area contributed by atoms with Gasteiger partial charge >= 0.3 is 21.7 Å². The zero-order valence-corrected chi connectivity index (χ0v) is 16.7. The molecule has 0 aromatic rings. The first kappa shape index (κ1) is 32.5. The van der Waals surface area contributed by atoms with Crippen LogP contribution < -0.4 is 0 Å². The Morgan fingerprint density at radius 2 is 1.14 bits per heavy atom. The summed E-state index contributed by atoms with van der Waals surface area (Å²) in [7, 11) is 10.5. The Kier molecular flexibility index (Phi) is 78.0. The van der Waals surface area contributed by atoms with Crippen molar-refractivity contribution in [1.29, 1.82) is 0 Å². The smallest absolute Gasteiger partial charge is 0.668 e. The average Bonchev–Trinajstić information content (AvgIpc) is 2.98. The van der Waals surface area contributed by atoms with Gasteiger partial charge in [-0.25, -0.2) is 12.2 Å². The van der Waals surface area contributed by atoms with Crippen LogP contribution in [0, 0.1) is 6.08 Å². The third kappa shape index (κ3) is 106. The fourth-order valence-corrected chi connectivity index (χ4v) is 0.562. The zero-order chi connectivity index (χ0) is 16.5. The van der Waals surface area contributed by atoms with Crippen LogP contribution in [0.4, 0.5) is 0 Å². The van der Waals surface area contributed by atoms with E-state index in [9.17, 15) is 0 Å². The summed E-state index contributed by atoms with van der Waals surface area (Å²) in [5, 5.41) is 10.5. The van der Waals surface area contributed by atoms with Crippen LogP contribution in [0.3, 0.4) is 0 Å². The Bertz CT molecular complexity index is 197. The summed E-state index contributed by atoms with van der Waals surface area (Å²) in [4.78, 5) is 0. The molecular weight excluding hydrogens is 294 g/mol.